The summed E-state index contributed by atoms with van der Waals surface area (Å²) in [5.74, 6) is 0. The average molecular weight is 336 g/mol. The Morgan fingerprint density at radius 3 is 2.26 bits per heavy atom. The highest BCUT2D eigenvalue weighted by atomic mass is 32.1. The van der Waals surface area contributed by atoms with Crippen molar-refractivity contribution < 1.29 is 14.7 Å². The minimum Gasteiger partial charge on any atom is -0.515 e. The lowest BCUT2D eigenvalue weighted by atomic mass is 9.68. The van der Waals surface area contributed by atoms with Crippen molar-refractivity contribution in [3.05, 3.63) is 33.7 Å². The number of carbonyl (C=O) groups excluding carboxylic acids is 2. The minimum atomic E-state index is -0.326. The molecule has 0 atom stereocenters. The molecule has 23 heavy (non-hydrogen) atoms. The lowest BCUT2D eigenvalue weighted by Gasteiger charge is -2.42. The van der Waals surface area contributed by atoms with Gasteiger partial charge in [-0.25, -0.2) is 0 Å². The number of hydrogen-bond donors (Lipinski definition) is 1. The van der Waals surface area contributed by atoms with Crippen molar-refractivity contribution in [3.63, 3.8) is 0 Å². The Labute approximate surface area is 141 Å². The van der Waals surface area contributed by atoms with Crippen molar-refractivity contribution in [2.24, 2.45) is 4.99 Å². The van der Waals surface area contributed by atoms with Crippen LogP contribution in [0.5, 0.6) is 0 Å². The van der Waals surface area contributed by atoms with E-state index in [4.69, 9.17) is 4.99 Å². The molecule has 2 heterocycles. The van der Waals surface area contributed by atoms with Gasteiger partial charge in [-0.05, 0) is 30.9 Å². The van der Waals surface area contributed by atoms with Crippen LogP contribution < -0.4 is 0 Å². The third kappa shape index (κ3) is 3.69. The number of aliphatic hydroxyl groups excluding tert-OH is 1. The van der Waals surface area contributed by atoms with Crippen molar-refractivity contribution in [3.8, 4) is 0 Å². The molecule has 0 aliphatic carbocycles. The third-order valence-electron chi connectivity index (χ3n) is 4.22. The summed E-state index contributed by atoms with van der Waals surface area (Å²) in [7, 11) is 3.38. The molecule has 126 valence electrons. The maximum absolute atomic E-state index is 11.0. The van der Waals surface area contributed by atoms with E-state index in [1.807, 2.05) is 19.2 Å². The number of thiophene rings is 1. The minimum absolute atomic E-state index is 0.102. The highest BCUT2D eigenvalue weighted by Gasteiger charge is 2.44. The van der Waals surface area contributed by atoms with Crippen molar-refractivity contribution in [1.82, 2.24) is 4.90 Å². The Hall–Kier alpha value is -1.95. The molecule has 1 aliphatic heterocycles. The number of aliphatic hydroxyl groups is 1. The van der Waals surface area contributed by atoms with Crippen LogP contribution >= 0.6 is 11.3 Å². The quantitative estimate of drug-likeness (QED) is 0.524. The van der Waals surface area contributed by atoms with Crippen LogP contribution in [0.1, 0.15) is 38.1 Å². The molecule has 5 nitrogen and oxygen atoms in total. The molecule has 0 aromatic carbocycles. The highest BCUT2D eigenvalue weighted by Crippen LogP contribution is 2.45. The van der Waals surface area contributed by atoms with Crippen LogP contribution in [-0.4, -0.2) is 48.0 Å². The molecular weight excluding hydrogens is 312 g/mol. The van der Waals surface area contributed by atoms with E-state index in [1.54, 1.807) is 25.4 Å². The summed E-state index contributed by atoms with van der Waals surface area (Å²) < 4.78 is 0. The molecule has 0 bridgehead atoms. The van der Waals surface area contributed by atoms with E-state index >= 15 is 0 Å². The first kappa shape index (κ1) is 19.1. The van der Waals surface area contributed by atoms with Crippen molar-refractivity contribution in [1.29, 1.82) is 0 Å². The van der Waals surface area contributed by atoms with Gasteiger partial charge in [-0.1, -0.05) is 13.8 Å². The second-order valence-electron chi connectivity index (χ2n) is 6.58. The number of allylic oxidation sites excluding steroid dienone is 1. The zero-order valence-electron chi connectivity index (χ0n) is 14.5. The van der Waals surface area contributed by atoms with Gasteiger partial charge < -0.3 is 10.0 Å². The van der Waals surface area contributed by atoms with E-state index in [9.17, 15) is 14.7 Å². The molecule has 1 amide bonds. The van der Waals surface area contributed by atoms with E-state index < -0.39 is 0 Å². The number of fused-ring (bicyclic) bond motifs is 1. The first-order valence-corrected chi connectivity index (χ1v) is 8.10. The number of nitrogens with zero attached hydrogens (tertiary/aromatic N) is 2. The van der Waals surface area contributed by atoms with E-state index in [0.29, 0.717) is 12.0 Å². The molecule has 6 heteroatoms. The third-order valence-corrected chi connectivity index (χ3v) is 5.15. The second-order valence-corrected chi connectivity index (χ2v) is 7.50. The zero-order chi connectivity index (χ0) is 17.8. The monoisotopic (exact) mass is 336 g/mol. The first-order chi connectivity index (χ1) is 10.6. The molecule has 1 aliphatic rings. The zero-order valence-corrected chi connectivity index (χ0v) is 15.3. The molecule has 2 rings (SSSR count). The van der Waals surface area contributed by atoms with Crippen LogP contribution in [0.15, 0.2) is 28.3 Å². The van der Waals surface area contributed by atoms with Gasteiger partial charge in [0.15, 0.2) is 6.29 Å². The van der Waals surface area contributed by atoms with Crippen LogP contribution in [0.3, 0.4) is 0 Å². The molecule has 1 N–H and O–H groups in total. The van der Waals surface area contributed by atoms with Crippen LogP contribution in [0.2, 0.25) is 0 Å². The van der Waals surface area contributed by atoms with Gasteiger partial charge >= 0.3 is 0 Å². The Kier molecular flexibility index (Phi) is 5.88. The average Bonchev–Trinajstić information content (AvgIpc) is 2.96. The van der Waals surface area contributed by atoms with Gasteiger partial charge in [-0.2, -0.15) is 0 Å². The Morgan fingerprint density at radius 2 is 1.83 bits per heavy atom. The maximum Gasteiger partial charge on any atom is 0.209 e. The van der Waals surface area contributed by atoms with Crippen molar-refractivity contribution >= 4 is 29.7 Å². The second kappa shape index (κ2) is 7.08. The van der Waals surface area contributed by atoms with Gasteiger partial charge in [0.1, 0.15) is 0 Å². The lowest BCUT2D eigenvalue weighted by molar-refractivity contribution is -0.115. The summed E-state index contributed by atoms with van der Waals surface area (Å²) in [6, 6.07) is 2.08. The van der Waals surface area contributed by atoms with E-state index in [1.165, 1.54) is 10.5 Å². The standard InChI is InChI=1S/C14H17NO2S.C3H7NO/c1-13(2)10-5-6-18-12(10)11(9(7-16)8-17)15-14(13,3)4;1-4(2)3-5/h5-8,16H,1-4H3;3H,1-2H3. The van der Waals surface area contributed by atoms with E-state index in [2.05, 4.69) is 19.9 Å². The maximum atomic E-state index is 11.0. The molecular formula is C17H24N2O3S. The summed E-state index contributed by atoms with van der Waals surface area (Å²) in [4.78, 5) is 27.6. The number of hydrogen-bond acceptors (Lipinski definition) is 5. The normalized spacial score (nSPS) is 18.0. The molecule has 0 unspecified atom stereocenters. The molecule has 1 aromatic rings. The van der Waals surface area contributed by atoms with Crippen LogP contribution in [0.4, 0.5) is 0 Å². The van der Waals surface area contributed by atoms with E-state index in [-0.39, 0.29) is 16.5 Å². The topological polar surface area (TPSA) is 70.0 Å². The summed E-state index contributed by atoms with van der Waals surface area (Å²) in [5, 5.41) is 11.2. The molecule has 0 radical (unpaired) electrons. The van der Waals surface area contributed by atoms with Gasteiger partial charge in [-0.3, -0.25) is 14.6 Å². The largest absolute Gasteiger partial charge is 0.515 e. The SMILES string of the molecule is CC1(C)N=C(C(C=O)=CO)c2sccc2C1(C)C.CN(C)C=O. The lowest BCUT2D eigenvalue weighted by Crippen LogP contribution is -2.45. The summed E-state index contributed by atoms with van der Waals surface area (Å²) in [6.07, 6.45) is 2.24. The number of amides is 1. The van der Waals surface area contributed by atoms with Gasteiger partial charge in [0.2, 0.25) is 6.41 Å². The number of rotatable bonds is 3. The van der Waals surface area contributed by atoms with Gasteiger partial charge in [0, 0.05) is 19.5 Å². The predicted octanol–water partition coefficient (Wildman–Crippen LogP) is 2.95. The van der Waals surface area contributed by atoms with Crippen molar-refractivity contribution in [2.45, 2.75) is 38.6 Å². The Balaban J connectivity index is 0.000000463. The highest BCUT2D eigenvalue weighted by molar-refractivity contribution is 7.12. The summed E-state index contributed by atoms with van der Waals surface area (Å²) in [5.41, 5.74) is 1.59. The summed E-state index contributed by atoms with van der Waals surface area (Å²) >= 11 is 1.55. The van der Waals surface area contributed by atoms with Crippen molar-refractivity contribution in [2.75, 3.05) is 14.1 Å². The smallest absolute Gasteiger partial charge is 0.209 e. The van der Waals surface area contributed by atoms with E-state index in [0.717, 1.165) is 17.5 Å². The fourth-order valence-corrected chi connectivity index (χ4v) is 3.19. The number of aldehydes is 1. The molecule has 0 fully saturated rings. The van der Waals surface area contributed by atoms with Gasteiger partial charge in [0.05, 0.1) is 28.0 Å². The fourth-order valence-electron chi connectivity index (χ4n) is 2.13. The molecule has 0 saturated heterocycles. The van der Waals surface area contributed by atoms with Crippen LogP contribution in [0.25, 0.3) is 0 Å². The predicted molar refractivity (Wildman–Crippen MR) is 94.5 cm³/mol. The number of aliphatic imine (C=N–C) groups is 1. The van der Waals surface area contributed by atoms with Gasteiger partial charge in [-0.15, -0.1) is 11.3 Å². The van der Waals surface area contributed by atoms with Crippen LogP contribution in [0, 0.1) is 0 Å². The fraction of sp³-hybridized carbons (Fsp3) is 0.471. The summed E-state index contributed by atoms with van der Waals surface area (Å²) in [6.45, 7) is 8.41. The molecule has 0 spiro atoms. The molecule has 1 aromatic heterocycles. The Morgan fingerprint density at radius 1 is 1.26 bits per heavy atom. The Bertz CT molecular complexity index is 640. The molecule has 0 saturated carbocycles. The van der Waals surface area contributed by atoms with Gasteiger partial charge in [0.25, 0.3) is 0 Å². The number of carbonyl (C=O) groups is 2. The van der Waals surface area contributed by atoms with Crippen LogP contribution in [-0.2, 0) is 15.0 Å². The first-order valence-electron chi connectivity index (χ1n) is 7.22.